The lowest BCUT2D eigenvalue weighted by molar-refractivity contribution is -0.139. The SMILES string of the molecule is CCCNC(=O)[C@@H](C)N(Cc1ccc(Cl)c(Cl)c1)C(=O)CN(c1cc(Cl)ccc1OC)S(=O)(=O)c1ccccc1. The Labute approximate surface area is 249 Å². The van der Waals surface area contributed by atoms with Crippen molar-refractivity contribution in [1.82, 2.24) is 10.2 Å². The van der Waals surface area contributed by atoms with E-state index >= 15 is 0 Å². The molecule has 1 atom stereocenters. The number of ether oxygens (including phenoxy) is 1. The smallest absolute Gasteiger partial charge is 0.264 e. The maximum absolute atomic E-state index is 14.0. The Morgan fingerprint density at radius 1 is 0.975 bits per heavy atom. The lowest BCUT2D eigenvalue weighted by Crippen LogP contribution is -2.51. The topological polar surface area (TPSA) is 96.0 Å². The third-order valence-corrected chi connectivity index (χ3v) is 8.82. The molecule has 3 aromatic rings. The summed E-state index contributed by atoms with van der Waals surface area (Å²) in [7, 11) is -2.88. The van der Waals surface area contributed by atoms with Gasteiger partial charge in [-0.3, -0.25) is 13.9 Å². The molecule has 0 aromatic heterocycles. The van der Waals surface area contributed by atoms with Gasteiger partial charge in [-0.15, -0.1) is 0 Å². The molecule has 0 aliphatic heterocycles. The summed E-state index contributed by atoms with van der Waals surface area (Å²) in [4.78, 5) is 28.2. The monoisotopic (exact) mass is 625 g/mol. The molecule has 2 amide bonds. The van der Waals surface area contributed by atoms with E-state index in [2.05, 4.69) is 5.32 Å². The molecule has 214 valence electrons. The van der Waals surface area contributed by atoms with Crippen LogP contribution in [0.3, 0.4) is 0 Å². The molecule has 40 heavy (non-hydrogen) atoms. The highest BCUT2D eigenvalue weighted by atomic mass is 35.5. The number of nitrogens with zero attached hydrogens (tertiary/aromatic N) is 2. The van der Waals surface area contributed by atoms with Crippen LogP contribution in [0.5, 0.6) is 5.75 Å². The van der Waals surface area contributed by atoms with Crippen molar-refractivity contribution in [3.63, 3.8) is 0 Å². The van der Waals surface area contributed by atoms with Crippen molar-refractivity contribution in [2.75, 3.05) is 24.5 Å². The standard InChI is InChI=1S/C28H30Cl3N3O5S/c1-4-14-32-28(36)19(2)33(17-20-10-12-23(30)24(31)15-20)27(35)18-34(25-16-21(29)11-13-26(25)39-3)40(37,38)22-8-6-5-7-9-22/h5-13,15-16,19H,4,14,17-18H2,1-3H3,(H,32,36)/t19-/m1/s1. The highest BCUT2D eigenvalue weighted by Gasteiger charge is 2.34. The fourth-order valence-corrected chi connectivity index (χ4v) is 5.83. The van der Waals surface area contributed by atoms with Crippen LogP contribution in [-0.4, -0.2) is 51.4 Å². The van der Waals surface area contributed by atoms with E-state index in [1.807, 2.05) is 6.92 Å². The Morgan fingerprint density at radius 3 is 2.30 bits per heavy atom. The van der Waals surface area contributed by atoms with Gasteiger partial charge in [-0.25, -0.2) is 8.42 Å². The number of rotatable bonds is 12. The summed E-state index contributed by atoms with van der Waals surface area (Å²) in [6.45, 7) is 3.25. The number of amides is 2. The fourth-order valence-electron chi connectivity index (χ4n) is 3.90. The van der Waals surface area contributed by atoms with E-state index in [1.165, 1.54) is 36.3 Å². The highest BCUT2D eigenvalue weighted by Crippen LogP contribution is 2.35. The van der Waals surface area contributed by atoms with Crippen molar-refractivity contribution < 1.29 is 22.7 Å². The average molecular weight is 627 g/mol. The van der Waals surface area contributed by atoms with Crippen molar-refractivity contribution >= 4 is 62.3 Å². The minimum absolute atomic E-state index is 0.0255. The van der Waals surface area contributed by atoms with Gasteiger partial charge in [0, 0.05) is 18.1 Å². The van der Waals surface area contributed by atoms with Crippen LogP contribution in [-0.2, 0) is 26.2 Å². The number of carbonyl (C=O) groups excluding carboxylic acids is 2. The van der Waals surface area contributed by atoms with Gasteiger partial charge < -0.3 is 15.0 Å². The first-order valence-electron chi connectivity index (χ1n) is 12.4. The number of nitrogens with one attached hydrogen (secondary N) is 1. The summed E-state index contributed by atoms with van der Waals surface area (Å²) in [5, 5.41) is 3.66. The van der Waals surface area contributed by atoms with Crippen molar-refractivity contribution in [2.45, 2.75) is 37.8 Å². The Bertz CT molecular complexity index is 1450. The molecule has 1 N–H and O–H groups in total. The zero-order chi connectivity index (χ0) is 29.4. The molecule has 0 radical (unpaired) electrons. The van der Waals surface area contributed by atoms with Crippen LogP contribution in [0.4, 0.5) is 5.69 Å². The molecule has 0 spiro atoms. The Hall–Kier alpha value is -2.98. The van der Waals surface area contributed by atoms with Crippen LogP contribution in [0.15, 0.2) is 71.6 Å². The number of hydrogen-bond donors (Lipinski definition) is 1. The Balaban J connectivity index is 2.09. The van der Waals surface area contributed by atoms with Crippen LogP contribution in [0, 0.1) is 0 Å². The van der Waals surface area contributed by atoms with Crippen LogP contribution in [0.1, 0.15) is 25.8 Å². The number of carbonyl (C=O) groups is 2. The lowest BCUT2D eigenvalue weighted by Gasteiger charge is -2.32. The van der Waals surface area contributed by atoms with Crippen molar-refractivity contribution in [2.24, 2.45) is 0 Å². The lowest BCUT2D eigenvalue weighted by atomic mass is 10.1. The molecule has 0 aliphatic rings. The number of anilines is 1. The van der Waals surface area contributed by atoms with Crippen LogP contribution in [0.25, 0.3) is 0 Å². The Morgan fingerprint density at radius 2 is 1.68 bits per heavy atom. The van der Waals surface area contributed by atoms with Crippen LogP contribution >= 0.6 is 34.8 Å². The zero-order valence-corrected chi connectivity index (χ0v) is 25.3. The number of halogens is 3. The van der Waals surface area contributed by atoms with Gasteiger partial charge in [0.1, 0.15) is 18.3 Å². The van der Waals surface area contributed by atoms with Crippen molar-refractivity contribution in [1.29, 1.82) is 0 Å². The van der Waals surface area contributed by atoms with Gasteiger partial charge in [0.25, 0.3) is 10.0 Å². The molecule has 8 nitrogen and oxygen atoms in total. The Kier molecular flexibility index (Phi) is 11.1. The normalized spacial score (nSPS) is 11.9. The second-order valence-corrected chi connectivity index (χ2v) is 12.0. The van der Waals surface area contributed by atoms with Crippen molar-refractivity contribution in [3.8, 4) is 5.75 Å². The van der Waals surface area contributed by atoms with Gasteiger partial charge in [0.15, 0.2) is 0 Å². The van der Waals surface area contributed by atoms with E-state index in [4.69, 9.17) is 39.5 Å². The largest absolute Gasteiger partial charge is 0.495 e. The molecule has 0 heterocycles. The quantitative estimate of drug-likeness (QED) is 0.274. The molecule has 0 fully saturated rings. The van der Waals surface area contributed by atoms with Crippen LogP contribution in [0.2, 0.25) is 15.1 Å². The fraction of sp³-hybridized carbons (Fsp3) is 0.286. The first-order chi connectivity index (χ1) is 19.0. The van der Waals surface area contributed by atoms with Gasteiger partial charge >= 0.3 is 0 Å². The third-order valence-electron chi connectivity index (χ3n) is 6.07. The number of sulfonamides is 1. The predicted octanol–water partition coefficient (Wildman–Crippen LogP) is 5.79. The number of hydrogen-bond acceptors (Lipinski definition) is 5. The van der Waals surface area contributed by atoms with Gasteiger partial charge in [0.05, 0.1) is 27.7 Å². The second-order valence-electron chi connectivity index (χ2n) is 8.88. The van der Waals surface area contributed by atoms with Gasteiger partial charge in [0.2, 0.25) is 11.8 Å². The summed E-state index contributed by atoms with van der Waals surface area (Å²) in [6, 6.07) is 16.1. The molecule has 0 saturated heterocycles. The number of benzene rings is 3. The summed E-state index contributed by atoms with van der Waals surface area (Å²) in [5.74, 6) is -0.818. The molecular weight excluding hydrogens is 597 g/mol. The zero-order valence-electron chi connectivity index (χ0n) is 22.2. The predicted molar refractivity (Wildman–Crippen MR) is 159 cm³/mol. The average Bonchev–Trinajstić information content (AvgIpc) is 2.95. The molecule has 12 heteroatoms. The van der Waals surface area contributed by atoms with Gasteiger partial charge in [-0.05, 0) is 61.4 Å². The van der Waals surface area contributed by atoms with Crippen LogP contribution < -0.4 is 14.4 Å². The van der Waals surface area contributed by atoms with E-state index in [0.717, 1.165) is 4.31 Å². The molecular formula is C28H30Cl3N3O5S. The summed E-state index contributed by atoms with van der Waals surface area (Å²) in [6.07, 6.45) is 0.705. The minimum Gasteiger partial charge on any atom is -0.495 e. The van der Waals surface area contributed by atoms with E-state index < -0.39 is 28.5 Å². The molecule has 3 rings (SSSR count). The summed E-state index contributed by atoms with van der Waals surface area (Å²) < 4.78 is 34.2. The maximum atomic E-state index is 14.0. The van der Waals surface area contributed by atoms with E-state index in [1.54, 1.807) is 49.4 Å². The van der Waals surface area contributed by atoms with Gasteiger partial charge in [-0.1, -0.05) is 66.0 Å². The van der Waals surface area contributed by atoms with Crippen molar-refractivity contribution in [3.05, 3.63) is 87.4 Å². The highest BCUT2D eigenvalue weighted by molar-refractivity contribution is 7.92. The molecule has 0 unspecified atom stereocenters. The second kappa shape index (κ2) is 14.1. The molecule has 0 aliphatic carbocycles. The van der Waals surface area contributed by atoms with E-state index in [-0.39, 0.29) is 38.8 Å². The summed E-state index contributed by atoms with van der Waals surface area (Å²) in [5.41, 5.74) is 0.681. The van der Waals surface area contributed by atoms with E-state index in [9.17, 15) is 18.0 Å². The minimum atomic E-state index is -4.27. The number of methoxy groups -OCH3 is 1. The molecule has 0 saturated carbocycles. The molecule has 0 bridgehead atoms. The molecule has 3 aromatic carbocycles. The maximum Gasteiger partial charge on any atom is 0.264 e. The van der Waals surface area contributed by atoms with Gasteiger partial charge in [-0.2, -0.15) is 0 Å². The summed E-state index contributed by atoms with van der Waals surface area (Å²) >= 11 is 18.5. The third kappa shape index (κ3) is 7.60. The first-order valence-corrected chi connectivity index (χ1v) is 15.0. The first kappa shape index (κ1) is 31.5. The van der Waals surface area contributed by atoms with E-state index in [0.29, 0.717) is 23.6 Å².